The molecule has 1 fully saturated rings. The van der Waals surface area contributed by atoms with E-state index in [1.807, 2.05) is 0 Å². The van der Waals surface area contributed by atoms with E-state index in [0.717, 1.165) is 32.6 Å². The molecule has 1 saturated carbocycles. The molecule has 0 aromatic heterocycles. The summed E-state index contributed by atoms with van der Waals surface area (Å²) in [6.45, 7) is 4.83. The molecular weight excluding hydrogens is 216 g/mol. The average molecular weight is 242 g/mol. The molecule has 17 heavy (non-hydrogen) atoms. The first kappa shape index (κ1) is 14.5. The van der Waals surface area contributed by atoms with Crippen molar-refractivity contribution in [2.24, 2.45) is 0 Å². The maximum atomic E-state index is 11.5. The lowest BCUT2D eigenvalue weighted by atomic mass is 10.2. The molecule has 0 aromatic rings. The lowest BCUT2D eigenvalue weighted by Gasteiger charge is -2.11. The van der Waals surface area contributed by atoms with Gasteiger partial charge >= 0.3 is 0 Å². The molecular formula is C13H26N2O2. The molecule has 4 nitrogen and oxygen atoms in total. The van der Waals surface area contributed by atoms with Crippen LogP contribution in [0.3, 0.4) is 0 Å². The third kappa shape index (κ3) is 7.34. The molecule has 0 radical (unpaired) electrons. The summed E-state index contributed by atoms with van der Waals surface area (Å²) in [6.07, 6.45) is 6.99. The Hall–Kier alpha value is -0.610. The van der Waals surface area contributed by atoms with Gasteiger partial charge in [0.05, 0.1) is 6.54 Å². The zero-order chi connectivity index (χ0) is 12.3. The summed E-state index contributed by atoms with van der Waals surface area (Å²) in [6, 6.07) is 0.564. The molecule has 1 rings (SSSR count). The van der Waals surface area contributed by atoms with Crippen molar-refractivity contribution < 1.29 is 9.53 Å². The van der Waals surface area contributed by atoms with Gasteiger partial charge in [0.25, 0.3) is 0 Å². The lowest BCUT2D eigenvalue weighted by molar-refractivity contribution is -0.120. The van der Waals surface area contributed by atoms with Crippen molar-refractivity contribution >= 4 is 5.91 Å². The van der Waals surface area contributed by atoms with Gasteiger partial charge in [-0.05, 0) is 25.7 Å². The Kier molecular flexibility index (Phi) is 8.01. The maximum Gasteiger partial charge on any atom is 0.233 e. The number of hydrogen-bond acceptors (Lipinski definition) is 3. The summed E-state index contributed by atoms with van der Waals surface area (Å²) in [5.74, 6) is 0.104. The van der Waals surface area contributed by atoms with Crippen molar-refractivity contribution in [3.8, 4) is 0 Å². The largest absolute Gasteiger partial charge is 0.381 e. The molecule has 0 spiro atoms. The quantitative estimate of drug-likeness (QED) is 0.602. The van der Waals surface area contributed by atoms with Crippen LogP contribution in [0.1, 0.15) is 45.4 Å². The minimum Gasteiger partial charge on any atom is -0.381 e. The number of rotatable bonds is 9. The second-order valence-electron chi connectivity index (χ2n) is 4.68. The van der Waals surface area contributed by atoms with Crippen LogP contribution in [0, 0.1) is 0 Å². The van der Waals surface area contributed by atoms with Crippen molar-refractivity contribution in [2.75, 3.05) is 26.3 Å². The molecule has 0 unspecified atom stereocenters. The molecule has 2 N–H and O–H groups in total. The summed E-state index contributed by atoms with van der Waals surface area (Å²) in [5, 5.41) is 6.20. The zero-order valence-electron chi connectivity index (χ0n) is 11.0. The van der Waals surface area contributed by atoms with Crippen LogP contribution in [0.4, 0.5) is 0 Å². The molecule has 100 valence electrons. The van der Waals surface area contributed by atoms with Gasteiger partial charge in [-0.2, -0.15) is 0 Å². The SMILES string of the molecule is CCCOCCCNC(=O)CNC1CCCC1. The monoisotopic (exact) mass is 242 g/mol. The van der Waals surface area contributed by atoms with Gasteiger partial charge in [0.2, 0.25) is 5.91 Å². The molecule has 0 aromatic carbocycles. The normalized spacial score (nSPS) is 16.3. The number of carbonyl (C=O) groups excluding carboxylic acids is 1. The van der Waals surface area contributed by atoms with Gasteiger partial charge in [-0.1, -0.05) is 19.8 Å². The Morgan fingerprint density at radius 2 is 2.06 bits per heavy atom. The van der Waals surface area contributed by atoms with E-state index in [0.29, 0.717) is 12.6 Å². The summed E-state index contributed by atoms with van der Waals surface area (Å²) >= 11 is 0. The van der Waals surface area contributed by atoms with Gasteiger partial charge < -0.3 is 15.4 Å². The van der Waals surface area contributed by atoms with Crippen LogP contribution in [-0.4, -0.2) is 38.3 Å². The van der Waals surface area contributed by atoms with Crippen LogP contribution < -0.4 is 10.6 Å². The topological polar surface area (TPSA) is 50.4 Å². The smallest absolute Gasteiger partial charge is 0.233 e. The Balaban J connectivity index is 1.87. The second kappa shape index (κ2) is 9.42. The van der Waals surface area contributed by atoms with Crippen LogP contribution in [-0.2, 0) is 9.53 Å². The summed E-state index contributed by atoms with van der Waals surface area (Å²) in [5.41, 5.74) is 0. The highest BCUT2D eigenvalue weighted by atomic mass is 16.5. The summed E-state index contributed by atoms with van der Waals surface area (Å²) < 4.78 is 5.34. The van der Waals surface area contributed by atoms with E-state index < -0.39 is 0 Å². The predicted molar refractivity (Wildman–Crippen MR) is 69.0 cm³/mol. The number of ether oxygens (including phenoxy) is 1. The minimum atomic E-state index is 0.104. The lowest BCUT2D eigenvalue weighted by Crippen LogP contribution is -2.38. The van der Waals surface area contributed by atoms with E-state index >= 15 is 0 Å². The van der Waals surface area contributed by atoms with Crippen LogP contribution in [0.2, 0.25) is 0 Å². The molecule has 0 aliphatic heterocycles. The molecule has 0 bridgehead atoms. The van der Waals surface area contributed by atoms with E-state index in [1.165, 1.54) is 25.7 Å². The first-order valence-electron chi connectivity index (χ1n) is 6.90. The fraction of sp³-hybridized carbons (Fsp3) is 0.923. The van der Waals surface area contributed by atoms with Gasteiger partial charge in [-0.3, -0.25) is 4.79 Å². The molecule has 0 heterocycles. The molecule has 1 aliphatic rings. The Labute approximate surface area is 104 Å². The van der Waals surface area contributed by atoms with Crippen LogP contribution in [0.25, 0.3) is 0 Å². The van der Waals surface area contributed by atoms with Crippen molar-refractivity contribution in [2.45, 2.75) is 51.5 Å². The van der Waals surface area contributed by atoms with E-state index in [4.69, 9.17) is 4.74 Å². The summed E-state index contributed by atoms with van der Waals surface area (Å²) in [4.78, 5) is 11.5. The zero-order valence-corrected chi connectivity index (χ0v) is 11.0. The standard InChI is InChI=1S/C13H26N2O2/c1-2-9-17-10-5-8-14-13(16)11-15-12-6-3-4-7-12/h12,15H,2-11H2,1H3,(H,14,16). The van der Waals surface area contributed by atoms with E-state index in [2.05, 4.69) is 17.6 Å². The minimum absolute atomic E-state index is 0.104. The van der Waals surface area contributed by atoms with E-state index in [-0.39, 0.29) is 5.91 Å². The van der Waals surface area contributed by atoms with Gasteiger partial charge in [0, 0.05) is 25.8 Å². The molecule has 0 saturated heterocycles. The Morgan fingerprint density at radius 3 is 2.76 bits per heavy atom. The molecule has 1 aliphatic carbocycles. The second-order valence-corrected chi connectivity index (χ2v) is 4.68. The van der Waals surface area contributed by atoms with Gasteiger partial charge in [-0.25, -0.2) is 0 Å². The highest BCUT2D eigenvalue weighted by Gasteiger charge is 2.14. The fourth-order valence-corrected chi connectivity index (χ4v) is 2.08. The average Bonchev–Trinajstić information content (AvgIpc) is 2.84. The van der Waals surface area contributed by atoms with E-state index in [1.54, 1.807) is 0 Å². The van der Waals surface area contributed by atoms with Crippen molar-refractivity contribution in [3.63, 3.8) is 0 Å². The van der Waals surface area contributed by atoms with Crippen LogP contribution in [0.15, 0.2) is 0 Å². The highest BCUT2D eigenvalue weighted by Crippen LogP contribution is 2.17. The van der Waals surface area contributed by atoms with Crippen molar-refractivity contribution in [1.82, 2.24) is 10.6 Å². The third-order valence-electron chi connectivity index (χ3n) is 3.04. The molecule has 1 amide bonds. The number of amides is 1. The predicted octanol–water partition coefficient (Wildman–Crippen LogP) is 1.45. The molecule has 4 heteroatoms. The first-order valence-corrected chi connectivity index (χ1v) is 6.90. The van der Waals surface area contributed by atoms with Crippen LogP contribution >= 0.6 is 0 Å². The number of carbonyl (C=O) groups is 1. The molecule has 0 atom stereocenters. The first-order chi connectivity index (χ1) is 8.33. The van der Waals surface area contributed by atoms with Crippen molar-refractivity contribution in [1.29, 1.82) is 0 Å². The van der Waals surface area contributed by atoms with E-state index in [9.17, 15) is 4.79 Å². The van der Waals surface area contributed by atoms with Crippen LogP contribution in [0.5, 0.6) is 0 Å². The maximum absolute atomic E-state index is 11.5. The summed E-state index contributed by atoms with van der Waals surface area (Å²) in [7, 11) is 0. The number of hydrogen-bond donors (Lipinski definition) is 2. The van der Waals surface area contributed by atoms with Gasteiger partial charge in [0.15, 0.2) is 0 Å². The Morgan fingerprint density at radius 1 is 1.29 bits per heavy atom. The highest BCUT2D eigenvalue weighted by molar-refractivity contribution is 5.77. The van der Waals surface area contributed by atoms with Crippen molar-refractivity contribution in [3.05, 3.63) is 0 Å². The third-order valence-corrected chi connectivity index (χ3v) is 3.04. The van der Waals surface area contributed by atoms with Gasteiger partial charge in [-0.15, -0.1) is 0 Å². The number of nitrogens with one attached hydrogen (secondary N) is 2. The van der Waals surface area contributed by atoms with Gasteiger partial charge in [0.1, 0.15) is 0 Å². The Bertz CT molecular complexity index is 204. The fourth-order valence-electron chi connectivity index (χ4n) is 2.08.